The van der Waals surface area contributed by atoms with Crippen LogP contribution in [-0.4, -0.2) is 32.9 Å². The summed E-state index contributed by atoms with van der Waals surface area (Å²) < 4.78 is 39.5. The molecule has 122 valence electrons. The van der Waals surface area contributed by atoms with E-state index in [0.29, 0.717) is 6.54 Å². The summed E-state index contributed by atoms with van der Waals surface area (Å²) in [6.45, 7) is 4.29. The number of rotatable bonds is 5. The van der Waals surface area contributed by atoms with Crippen LogP contribution in [0.4, 0.5) is 4.39 Å². The zero-order valence-electron chi connectivity index (χ0n) is 11.9. The average molecular weight is 424 g/mol. The molecular formula is C12H18BrCl2FN2O2S. The molecule has 0 bridgehead atoms. The van der Waals surface area contributed by atoms with Crippen LogP contribution in [0.2, 0.25) is 5.02 Å². The first-order chi connectivity index (χ1) is 9.01. The van der Waals surface area contributed by atoms with Crippen molar-refractivity contribution in [3.63, 3.8) is 0 Å². The summed E-state index contributed by atoms with van der Waals surface area (Å²) in [6, 6.07) is 2.04. The van der Waals surface area contributed by atoms with Gasteiger partial charge in [0.25, 0.3) is 0 Å². The van der Waals surface area contributed by atoms with Gasteiger partial charge in [-0.15, -0.1) is 12.4 Å². The predicted molar refractivity (Wildman–Crippen MR) is 89.0 cm³/mol. The maximum atomic E-state index is 13.2. The summed E-state index contributed by atoms with van der Waals surface area (Å²) in [6.07, 6.45) is 0. The maximum absolute atomic E-state index is 13.2. The van der Waals surface area contributed by atoms with Crippen LogP contribution in [0.3, 0.4) is 0 Å². The van der Waals surface area contributed by atoms with Gasteiger partial charge in [0.15, 0.2) is 0 Å². The highest BCUT2D eigenvalue weighted by atomic mass is 79.9. The summed E-state index contributed by atoms with van der Waals surface area (Å²) >= 11 is 8.91. The molecule has 0 saturated heterocycles. The molecule has 0 heterocycles. The minimum Gasteiger partial charge on any atom is -0.330 e. The van der Waals surface area contributed by atoms with Crippen molar-refractivity contribution in [3.8, 4) is 0 Å². The highest BCUT2D eigenvalue weighted by Gasteiger charge is 2.30. The number of nitrogens with zero attached hydrogens (tertiary/aromatic N) is 1. The SMILES string of the molecule is CN(CC(C)(C)CN)S(=O)(=O)c1c(Cl)cc(F)cc1Br.Cl. The minimum atomic E-state index is -3.83. The Morgan fingerprint density at radius 2 is 1.95 bits per heavy atom. The van der Waals surface area contributed by atoms with Crippen molar-refractivity contribution in [1.82, 2.24) is 4.31 Å². The maximum Gasteiger partial charge on any atom is 0.245 e. The molecule has 0 aliphatic carbocycles. The first-order valence-electron chi connectivity index (χ1n) is 5.82. The third-order valence-electron chi connectivity index (χ3n) is 2.83. The van der Waals surface area contributed by atoms with Crippen LogP contribution < -0.4 is 5.73 Å². The smallest absolute Gasteiger partial charge is 0.245 e. The third kappa shape index (κ3) is 5.04. The molecule has 0 amide bonds. The molecule has 1 aromatic rings. The second-order valence-corrected chi connectivity index (χ2v) is 8.57. The minimum absolute atomic E-state index is 0. The number of benzene rings is 1. The van der Waals surface area contributed by atoms with Gasteiger partial charge in [-0.3, -0.25) is 0 Å². The Morgan fingerprint density at radius 3 is 2.38 bits per heavy atom. The van der Waals surface area contributed by atoms with Crippen molar-refractivity contribution in [2.24, 2.45) is 11.1 Å². The molecule has 0 aliphatic rings. The van der Waals surface area contributed by atoms with Crippen LogP contribution >= 0.6 is 39.9 Å². The van der Waals surface area contributed by atoms with Crippen molar-refractivity contribution in [2.45, 2.75) is 18.7 Å². The molecule has 0 atom stereocenters. The number of halogens is 4. The van der Waals surface area contributed by atoms with Gasteiger partial charge in [-0.25, -0.2) is 17.1 Å². The molecule has 0 aliphatic heterocycles. The summed E-state index contributed by atoms with van der Waals surface area (Å²) in [5.41, 5.74) is 5.24. The van der Waals surface area contributed by atoms with E-state index in [4.69, 9.17) is 17.3 Å². The molecular weight excluding hydrogens is 406 g/mol. The van der Waals surface area contributed by atoms with Crippen molar-refractivity contribution >= 4 is 50.0 Å². The molecule has 21 heavy (non-hydrogen) atoms. The lowest BCUT2D eigenvalue weighted by Gasteiger charge is -2.29. The Hall–Kier alpha value is 0.0800. The molecule has 1 rings (SSSR count). The summed E-state index contributed by atoms with van der Waals surface area (Å²) in [5.74, 6) is -0.606. The van der Waals surface area contributed by atoms with Crippen LogP contribution in [0.25, 0.3) is 0 Å². The summed E-state index contributed by atoms with van der Waals surface area (Å²) in [7, 11) is -2.38. The monoisotopic (exact) mass is 422 g/mol. The lowest BCUT2D eigenvalue weighted by atomic mass is 9.94. The summed E-state index contributed by atoms with van der Waals surface area (Å²) in [5, 5.41) is -0.158. The molecule has 2 N–H and O–H groups in total. The molecule has 0 radical (unpaired) electrons. The highest BCUT2D eigenvalue weighted by molar-refractivity contribution is 9.10. The van der Waals surface area contributed by atoms with Gasteiger partial charge < -0.3 is 5.73 Å². The molecule has 0 aromatic heterocycles. The molecule has 0 unspecified atom stereocenters. The highest BCUT2D eigenvalue weighted by Crippen LogP contribution is 2.33. The van der Waals surface area contributed by atoms with E-state index in [1.165, 1.54) is 11.4 Å². The Balaban J connectivity index is 0.00000400. The predicted octanol–water partition coefficient (Wildman–Crippen LogP) is 3.27. The Labute approximate surface area is 144 Å². The Bertz CT molecular complexity index is 588. The van der Waals surface area contributed by atoms with Crippen LogP contribution in [0.15, 0.2) is 21.5 Å². The topological polar surface area (TPSA) is 63.4 Å². The fraction of sp³-hybridized carbons (Fsp3) is 0.500. The lowest BCUT2D eigenvalue weighted by molar-refractivity contribution is 0.292. The van der Waals surface area contributed by atoms with E-state index < -0.39 is 15.8 Å². The van der Waals surface area contributed by atoms with Gasteiger partial charge in [-0.2, -0.15) is 0 Å². The van der Waals surface area contributed by atoms with E-state index >= 15 is 0 Å². The van der Waals surface area contributed by atoms with Crippen LogP contribution in [0, 0.1) is 11.2 Å². The molecule has 4 nitrogen and oxygen atoms in total. The largest absolute Gasteiger partial charge is 0.330 e. The van der Waals surface area contributed by atoms with E-state index in [-0.39, 0.29) is 38.8 Å². The van der Waals surface area contributed by atoms with Crippen LogP contribution in [0.1, 0.15) is 13.8 Å². The van der Waals surface area contributed by atoms with Gasteiger partial charge >= 0.3 is 0 Å². The number of hydrogen-bond donors (Lipinski definition) is 1. The fourth-order valence-electron chi connectivity index (χ4n) is 1.68. The Kier molecular flexibility index (Phi) is 7.60. The number of hydrogen-bond acceptors (Lipinski definition) is 3. The lowest BCUT2D eigenvalue weighted by Crippen LogP contribution is -2.39. The number of nitrogens with two attached hydrogens (primary N) is 1. The van der Waals surface area contributed by atoms with E-state index in [1.807, 2.05) is 13.8 Å². The van der Waals surface area contributed by atoms with E-state index in [9.17, 15) is 12.8 Å². The summed E-state index contributed by atoms with van der Waals surface area (Å²) in [4.78, 5) is -0.143. The number of sulfonamides is 1. The average Bonchev–Trinajstić information content (AvgIpc) is 2.26. The van der Waals surface area contributed by atoms with Gasteiger partial charge in [0, 0.05) is 18.1 Å². The van der Waals surface area contributed by atoms with Gasteiger partial charge in [-0.1, -0.05) is 25.4 Å². The van der Waals surface area contributed by atoms with Crippen molar-refractivity contribution in [1.29, 1.82) is 0 Å². The van der Waals surface area contributed by atoms with Crippen molar-refractivity contribution in [2.75, 3.05) is 20.1 Å². The molecule has 0 saturated carbocycles. The first kappa shape index (κ1) is 21.1. The van der Waals surface area contributed by atoms with Crippen molar-refractivity contribution < 1.29 is 12.8 Å². The van der Waals surface area contributed by atoms with E-state index in [0.717, 1.165) is 12.1 Å². The molecule has 0 spiro atoms. The standard InChI is InChI=1S/C12H17BrClFN2O2S.ClH/c1-12(2,6-16)7-17(3)20(18,19)11-9(13)4-8(15)5-10(11)14;/h4-5H,6-7,16H2,1-3H3;1H. The first-order valence-corrected chi connectivity index (χ1v) is 8.43. The van der Waals surface area contributed by atoms with Gasteiger partial charge in [0.2, 0.25) is 10.0 Å². The quantitative estimate of drug-likeness (QED) is 0.790. The molecule has 9 heteroatoms. The zero-order chi connectivity index (χ0) is 15.7. The van der Waals surface area contributed by atoms with Crippen LogP contribution in [0.5, 0.6) is 0 Å². The van der Waals surface area contributed by atoms with Crippen LogP contribution in [-0.2, 0) is 10.0 Å². The van der Waals surface area contributed by atoms with Crippen molar-refractivity contribution in [3.05, 3.63) is 27.4 Å². The molecule has 0 fully saturated rings. The third-order valence-corrected chi connectivity index (χ3v) is 6.04. The Morgan fingerprint density at radius 1 is 1.43 bits per heavy atom. The second kappa shape index (κ2) is 7.57. The molecule has 1 aromatic carbocycles. The van der Waals surface area contributed by atoms with Gasteiger partial charge in [0.05, 0.1) is 5.02 Å². The van der Waals surface area contributed by atoms with Gasteiger partial charge in [0.1, 0.15) is 10.7 Å². The van der Waals surface area contributed by atoms with Gasteiger partial charge in [-0.05, 0) is 40.0 Å². The normalized spacial score (nSPS) is 12.4. The van der Waals surface area contributed by atoms with E-state index in [2.05, 4.69) is 15.9 Å². The van der Waals surface area contributed by atoms with E-state index in [1.54, 1.807) is 0 Å². The second-order valence-electron chi connectivity index (χ2n) is 5.33. The zero-order valence-corrected chi connectivity index (χ0v) is 15.8. The fourth-order valence-corrected chi connectivity index (χ4v) is 4.78.